The van der Waals surface area contributed by atoms with Crippen LogP contribution in [-0.4, -0.2) is 30.7 Å². The molecule has 0 aromatic carbocycles. The van der Waals surface area contributed by atoms with Crippen molar-refractivity contribution in [2.75, 3.05) is 24.5 Å². The first-order valence-corrected chi connectivity index (χ1v) is 6.88. The molecule has 1 unspecified atom stereocenters. The van der Waals surface area contributed by atoms with Gasteiger partial charge in [-0.1, -0.05) is 0 Å². The summed E-state index contributed by atoms with van der Waals surface area (Å²) in [5.41, 5.74) is 3.17. The monoisotopic (exact) mass is 229 g/mol. The van der Waals surface area contributed by atoms with Gasteiger partial charge in [-0.15, -0.1) is 0 Å². The third kappa shape index (κ3) is 1.56. The molecule has 1 saturated heterocycles. The van der Waals surface area contributed by atoms with Crippen LogP contribution in [0.25, 0.3) is 0 Å². The molecule has 3 heterocycles. The fourth-order valence-corrected chi connectivity index (χ4v) is 3.38. The van der Waals surface area contributed by atoms with Crippen LogP contribution in [0.3, 0.4) is 0 Å². The molecule has 0 bridgehead atoms. The molecule has 1 aromatic heterocycles. The molecular weight excluding hydrogens is 210 g/mol. The number of pyridine rings is 1. The molecule has 3 heteroatoms. The second kappa shape index (κ2) is 3.70. The molecule has 0 amide bonds. The van der Waals surface area contributed by atoms with Gasteiger partial charge in [0.05, 0.1) is 0 Å². The summed E-state index contributed by atoms with van der Waals surface area (Å²) in [7, 11) is 0. The van der Waals surface area contributed by atoms with Crippen LogP contribution in [0.2, 0.25) is 0 Å². The third-order valence-corrected chi connectivity index (χ3v) is 4.44. The number of nitrogens with one attached hydrogen (secondary N) is 1. The minimum absolute atomic E-state index is 0.679. The Bertz CT molecular complexity index is 439. The van der Waals surface area contributed by atoms with Crippen molar-refractivity contribution in [2.24, 2.45) is 0 Å². The van der Waals surface area contributed by atoms with Gasteiger partial charge in [-0.25, -0.2) is 4.98 Å². The van der Waals surface area contributed by atoms with Crippen LogP contribution in [-0.2, 0) is 6.42 Å². The highest BCUT2D eigenvalue weighted by Gasteiger charge is 2.34. The minimum Gasteiger partial charge on any atom is -0.351 e. The Balaban J connectivity index is 1.77. The molecule has 2 fully saturated rings. The van der Waals surface area contributed by atoms with Crippen molar-refractivity contribution >= 4 is 5.82 Å². The van der Waals surface area contributed by atoms with Gasteiger partial charge in [0.2, 0.25) is 0 Å². The maximum atomic E-state index is 4.67. The maximum Gasteiger partial charge on any atom is 0.132 e. The van der Waals surface area contributed by atoms with E-state index in [1.165, 1.54) is 31.5 Å². The Hall–Kier alpha value is -1.09. The van der Waals surface area contributed by atoms with Gasteiger partial charge in [-0.3, -0.25) is 0 Å². The normalized spacial score (nSPS) is 27.5. The van der Waals surface area contributed by atoms with E-state index in [-0.39, 0.29) is 0 Å². The Labute approximate surface area is 102 Å². The van der Waals surface area contributed by atoms with Crippen molar-refractivity contribution in [3.05, 3.63) is 23.4 Å². The Morgan fingerprint density at radius 2 is 2.24 bits per heavy atom. The van der Waals surface area contributed by atoms with Crippen LogP contribution < -0.4 is 10.2 Å². The lowest BCUT2D eigenvalue weighted by atomic mass is 9.92. The summed E-state index contributed by atoms with van der Waals surface area (Å²) < 4.78 is 0. The zero-order chi connectivity index (χ0) is 11.2. The van der Waals surface area contributed by atoms with Gasteiger partial charge < -0.3 is 10.2 Å². The van der Waals surface area contributed by atoms with Crippen molar-refractivity contribution in [1.82, 2.24) is 10.3 Å². The molecule has 2 aliphatic heterocycles. The minimum atomic E-state index is 0.679. The predicted molar refractivity (Wildman–Crippen MR) is 68.5 cm³/mol. The van der Waals surface area contributed by atoms with Crippen molar-refractivity contribution in [3.8, 4) is 0 Å². The van der Waals surface area contributed by atoms with Gasteiger partial charge in [-0.05, 0) is 48.8 Å². The van der Waals surface area contributed by atoms with Crippen LogP contribution in [0.1, 0.15) is 36.3 Å². The molecule has 0 radical (unpaired) electrons. The van der Waals surface area contributed by atoms with Crippen molar-refractivity contribution in [1.29, 1.82) is 0 Å². The summed E-state index contributed by atoms with van der Waals surface area (Å²) in [6, 6.07) is 2.94. The largest absolute Gasteiger partial charge is 0.351 e. The van der Waals surface area contributed by atoms with E-state index in [0.717, 1.165) is 25.6 Å². The zero-order valence-electron chi connectivity index (χ0n) is 10.2. The van der Waals surface area contributed by atoms with Crippen LogP contribution in [0, 0.1) is 0 Å². The first-order chi connectivity index (χ1) is 8.43. The van der Waals surface area contributed by atoms with Crippen molar-refractivity contribution in [3.63, 3.8) is 0 Å². The van der Waals surface area contributed by atoms with Gasteiger partial charge in [0.15, 0.2) is 0 Å². The lowest BCUT2D eigenvalue weighted by molar-refractivity contribution is 0.435. The third-order valence-electron chi connectivity index (χ3n) is 4.44. The number of nitrogens with zero attached hydrogens (tertiary/aromatic N) is 2. The summed E-state index contributed by atoms with van der Waals surface area (Å²) in [5.74, 6) is 2.15. The summed E-state index contributed by atoms with van der Waals surface area (Å²) >= 11 is 0. The van der Waals surface area contributed by atoms with E-state index < -0.39 is 0 Å². The number of aromatic nitrogens is 1. The highest BCUT2D eigenvalue weighted by Crippen LogP contribution is 2.45. The van der Waals surface area contributed by atoms with Gasteiger partial charge in [0.25, 0.3) is 0 Å². The predicted octanol–water partition coefficient (Wildman–Crippen LogP) is 1.68. The van der Waals surface area contributed by atoms with Gasteiger partial charge in [0, 0.05) is 31.9 Å². The van der Waals surface area contributed by atoms with E-state index in [0.29, 0.717) is 6.04 Å². The van der Waals surface area contributed by atoms with E-state index in [1.807, 2.05) is 6.20 Å². The number of hydrogen-bond acceptors (Lipinski definition) is 3. The molecule has 4 rings (SSSR count). The first kappa shape index (κ1) is 9.89. The quantitative estimate of drug-likeness (QED) is 0.794. The zero-order valence-corrected chi connectivity index (χ0v) is 10.2. The number of hydrogen-bond donors (Lipinski definition) is 1. The van der Waals surface area contributed by atoms with E-state index in [4.69, 9.17) is 0 Å². The average Bonchev–Trinajstić information content (AvgIpc) is 3.22. The van der Waals surface area contributed by atoms with Crippen molar-refractivity contribution < 1.29 is 0 Å². The van der Waals surface area contributed by atoms with Crippen LogP contribution in [0.5, 0.6) is 0 Å². The second-order valence-corrected chi connectivity index (χ2v) is 5.57. The molecule has 3 aliphatic rings. The highest BCUT2D eigenvalue weighted by molar-refractivity contribution is 5.55. The standard InChI is InChI=1S/C14H19N3/c1-2-10(1)12-5-6-16-14-13(12)4-3-11-9-15-7-8-17(11)14/h5-6,10-11,15H,1-4,7-9H2. The van der Waals surface area contributed by atoms with Crippen LogP contribution in [0.4, 0.5) is 5.82 Å². The highest BCUT2D eigenvalue weighted by atomic mass is 15.3. The molecule has 17 heavy (non-hydrogen) atoms. The number of fused-ring (bicyclic) bond motifs is 3. The van der Waals surface area contributed by atoms with Crippen LogP contribution in [0.15, 0.2) is 12.3 Å². The van der Waals surface area contributed by atoms with Crippen LogP contribution >= 0.6 is 0 Å². The molecule has 1 N–H and O–H groups in total. The lowest BCUT2D eigenvalue weighted by Gasteiger charge is -2.42. The topological polar surface area (TPSA) is 28.2 Å². The molecule has 90 valence electrons. The van der Waals surface area contributed by atoms with E-state index in [2.05, 4.69) is 21.3 Å². The molecular formula is C14H19N3. The number of anilines is 1. The summed E-state index contributed by atoms with van der Waals surface area (Å²) in [4.78, 5) is 7.22. The summed E-state index contributed by atoms with van der Waals surface area (Å²) in [6.07, 6.45) is 7.34. The Morgan fingerprint density at radius 3 is 3.12 bits per heavy atom. The van der Waals surface area contributed by atoms with E-state index >= 15 is 0 Å². The molecule has 1 atom stereocenters. The average molecular weight is 229 g/mol. The van der Waals surface area contributed by atoms with Gasteiger partial charge in [-0.2, -0.15) is 0 Å². The molecule has 1 aliphatic carbocycles. The summed E-state index contributed by atoms with van der Waals surface area (Å²) in [6.45, 7) is 3.36. The fraction of sp³-hybridized carbons (Fsp3) is 0.643. The Kier molecular flexibility index (Phi) is 2.15. The van der Waals surface area contributed by atoms with Crippen molar-refractivity contribution in [2.45, 2.75) is 37.6 Å². The second-order valence-electron chi connectivity index (χ2n) is 5.57. The summed E-state index contributed by atoms with van der Waals surface area (Å²) in [5, 5.41) is 3.50. The number of rotatable bonds is 1. The molecule has 0 spiro atoms. The smallest absolute Gasteiger partial charge is 0.132 e. The Morgan fingerprint density at radius 1 is 1.29 bits per heavy atom. The fourth-order valence-electron chi connectivity index (χ4n) is 3.38. The molecule has 1 aromatic rings. The van der Waals surface area contributed by atoms with Gasteiger partial charge >= 0.3 is 0 Å². The van der Waals surface area contributed by atoms with E-state index in [1.54, 1.807) is 11.1 Å². The SMILES string of the molecule is c1cc(C2CC2)c2c(n1)N1CCNCC1CC2. The maximum absolute atomic E-state index is 4.67. The molecule has 1 saturated carbocycles. The number of piperazine rings is 1. The van der Waals surface area contributed by atoms with E-state index in [9.17, 15) is 0 Å². The lowest BCUT2D eigenvalue weighted by Crippen LogP contribution is -2.53. The first-order valence-electron chi connectivity index (χ1n) is 6.88. The molecule has 3 nitrogen and oxygen atoms in total. The van der Waals surface area contributed by atoms with Gasteiger partial charge in [0.1, 0.15) is 5.82 Å².